The molecule has 60 heavy (non-hydrogen) atoms. The van der Waals surface area contributed by atoms with E-state index >= 15 is 0 Å². The summed E-state index contributed by atoms with van der Waals surface area (Å²) in [7, 11) is 0. The smallest absolute Gasteiger partial charge is 0.310 e. The minimum Gasteiger partial charge on any atom is -0.481 e. The largest absolute Gasteiger partial charge is 0.481 e. The minimum absolute atomic E-state index is 0.138. The van der Waals surface area contributed by atoms with Gasteiger partial charge >= 0.3 is 11.9 Å². The molecular weight excluding hydrogens is 765 g/mol. The van der Waals surface area contributed by atoms with E-state index in [-0.39, 0.29) is 10.9 Å². The minimum atomic E-state index is -0.922. The van der Waals surface area contributed by atoms with Crippen LogP contribution in [0.4, 0.5) is 0 Å². The van der Waals surface area contributed by atoms with Crippen molar-refractivity contribution in [1.82, 2.24) is 20.4 Å². The lowest BCUT2D eigenvalue weighted by atomic mass is 9.99. The van der Waals surface area contributed by atoms with Gasteiger partial charge in [-0.1, -0.05) is 36.4 Å². The van der Waals surface area contributed by atoms with Gasteiger partial charge in [-0.25, -0.2) is 0 Å². The van der Waals surface area contributed by atoms with Crippen LogP contribution in [0.15, 0.2) is 113 Å². The van der Waals surface area contributed by atoms with Crippen LogP contribution in [0.25, 0.3) is 43.9 Å². The number of nitrogens with one attached hydrogen (secondary N) is 2. The van der Waals surface area contributed by atoms with Crippen molar-refractivity contribution in [2.24, 2.45) is 9.98 Å². The SMILES string of the molecule is C1CN=C2NCCCN2C1.C1CN=C2NCCCN2C1.CC(C(=O)O)c1ccc2oc3ccccc3c(=O)c2c1.CC(C(=O)O)c1ccc2oc3ccccc3c(=O)c2c1. The van der Waals surface area contributed by atoms with Crippen molar-refractivity contribution in [3.8, 4) is 0 Å². The van der Waals surface area contributed by atoms with Gasteiger partial charge < -0.3 is 39.5 Å². The van der Waals surface area contributed by atoms with Crippen LogP contribution in [0.1, 0.15) is 62.5 Å². The topological polar surface area (TPSA) is 190 Å². The van der Waals surface area contributed by atoms with Crippen LogP contribution >= 0.6 is 0 Å². The molecule has 6 heterocycles. The Morgan fingerprint density at radius 1 is 0.567 bits per heavy atom. The number of nitrogens with zero attached hydrogens (tertiary/aromatic N) is 4. The average molecular weight is 815 g/mol. The molecule has 0 radical (unpaired) electrons. The van der Waals surface area contributed by atoms with Crippen molar-refractivity contribution in [3.63, 3.8) is 0 Å². The number of aliphatic imine (C=N–C) groups is 2. The molecular formula is C46H50N6O8. The van der Waals surface area contributed by atoms with E-state index in [2.05, 4.69) is 30.4 Å². The first-order chi connectivity index (χ1) is 29.1. The molecule has 14 heteroatoms. The maximum Gasteiger partial charge on any atom is 0.310 e. The van der Waals surface area contributed by atoms with Crippen molar-refractivity contribution < 1.29 is 28.6 Å². The number of aliphatic carboxylic acids is 2. The predicted molar refractivity (Wildman–Crippen MR) is 234 cm³/mol. The molecule has 2 atom stereocenters. The Bertz CT molecular complexity index is 2520. The number of carbonyl (C=O) groups is 2. The van der Waals surface area contributed by atoms with Gasteiger partial charge in [0.15, 0.2) is 11.9 Å². The Hall–Kier alpha value is -6.70. The Labute approximate surface area is 346 Å². The van der Waals surface area contributed by atoms with Crippen LogP contribution in [0.3, 0.4) is 0 Å². The molecule has 0 aliphatic carbocycles. The first-order valence-electron chi connectivity index (χ1n) is 20.5. The second-order valence-electron chi connectivity index (χ2n) is 15.1. The van der Waals surface area contributed by atoms with Gasteiger partial charge in [0, 0.05) is 52.4 Å². The third-order valence-electron chi connectivity index (χ3n) is 11.0. The zero-order valence-electron chi connectivity index (χ0n) is 33.9. The lowest BCUT2D eigenvalue weighted by Crippen LogP contribution is -2.49. The molecule has 4 aromatic carbocycles. The Morgan fingerprint density at radius 2 is 0.950 bits per heavy atom. The number of carboxylic acid groups (broad SMARTS) is 2. The summed E-state index contributed by atoms with van der Waals surface area (Å²) >= 11 is 0. The Balaban J connectivity index is 0.000000127. The van der Waals surface area contributed by atoms with E-state index in [0.717, 1.165) is 38.1 Å². The first-order valence-corrected chi connectivity index (χ1v) is 20.5. The molecule has 4 aliphatic rings. The van der Waals surface area contributed by atoms with Crippen molar-refractivity contribution in [1.29, 1.82) is 0 Å². The lowest BCUT2D eigenvalue weighted by molar-refractivity contribution is -0.139. The van der Waals surface area contributed by atoms with Gasteiger partial charge in [-0.3, -0.25) is 29.2 Å². The summed E-state index contributed by atoms with van der Waals surface area (Å²) in [5, 5.41) is 26.5. The van der Waals surface area contributed by atoms with Crippen LogP contribution in [0.5, 0.6) is 0 Å². The average Bonchev–Trinajstić information content (AvgIpc) is 3.29. The van der Waals surface area contributed by atoms with E-state index in [1.165, 1.54) is 51.9 Å². The van der Waals surface area contributed by atoms with E-state index in [1.807, 2.05) is 0 Å². The number of benzene rings is 4. The van der Waals surface area contributed by atoms with Crippen LogP contribution in [0.2, 0.25) is 0 Å². The van der Waals surface area contributed by atoms with Crippen LogP contribution in [-0.2, 0) is 9.59 Å². The van der Waals surface area contributed by atoms with Crippen LogP contribution in [-0.4, -0.2) is 96.2 Å². The van der Waals surface area contributed by atoms with Crippen molar-refractivity contribution in [2.45, 2.75) is 51.4 Å². The van der Waals surface area contributed by atoms with Gasteiger partial charge in [0.2, 0.25) is 10.9 Å². The van der Waals surface area contributed by atoms with Crippen molar-refractivity contribution in [3.05, 3.63) is 117 Å². The highest BCUT2D eigenvalue weighted by Gasteiger charge is 2.20. The molecule has 4 N–H and O–H groups in total. The highest BCUT2D eigenvalue weighted by Crippen LogP contribution is 2.25. The van der Waals surface area contributed by atoms with Gasteiger partial charge in [0.25, 0.3) is 0 Å². The molecule has 4 aliphatic heterocycles. The zero-order valence-corrected chi connectivity index (χ0v) is 33.9. The van der Waals surface area contributed by atoms with Gasteiger partial charge in [-0.15, -0.1) is 0 Å². The predicted octanol–water partition coefficient (Wildman–Crippen LogP) is 6.35. The van der Waals surface area contributed by atoms with Crippen LogP contribution in [0, 0.1) is 0 Å². The Kier molecular flexibility index (Phi) is 13.1. The fourth-order valence-electron chi connectivity index (χ4n) is 7.48. The summed E-state index contributed by atoms with van der Waals surface area (Å²) in [6.45, 7) is 12.2. The highest BCUT2D eigenvalue weighted by atomic mass is 16.4. The summed E-state index contributed by atoms with van der Waals surface area (Å²) in [5.41, 5.74) is 2.90. The summed E-state index contributed by atoms with van der Waals surface area (Å²) in [6.07, 6.45) is 4.98. The third-order valence-corrected chi connectivity index (χ3v) is 11.0. The van der Waals surface area contributed by atoms with E-state index in [0.29, 0.717) is 55.0 Å². The molecule has 14 nitrogen and oxygen atoms in total. The van der Waals surface area contributed by atoms with Crippen molar-refractivity contribution >= 4 is 67.7 Å². The van der Waals surface area contributed by atoms with Crippen molar-refractivity contribution in [2.75, 3.05) is 52.4 Å². The summed E-state index contributed by atoms with van der Waals surface area (Å²) in [4.78, 5) is 60.4. The van der Waals surface area contributed by atoms with Crippen LogP contribution < -0.4 is 21.5 Å². The van der Waals surface area contributed by atoms with E-state index in [9.17, 15) is 19.2 Å². The number of fused-ring (bicyclic) bond motifs is 6. The molecule has 2 unspecified atom stereocenters. The molecule has 0 amide bonds. The lowest BCUT2D eigenvalue weighted by Gasteiger charge is -2.33. The maximum atomic E-state index is 12.4. The van der Waals surface area contributed by atoms with E-state index in [1.54, 1.807) is 98.8 Å². The number of rotatable bonds is 4. The van der Waals surface area contributed by atoms with Gasteiger partial charge in [-0.05, 0) is 99.2 Å². The molecule has 6 aromatic rings. The first kappa shape index (κ1) is 41.5. The summed E-state index contributed by atoms with van der Waals surface area (Å²) in [6, 6.07) is 23.9. The quantitative estimate of drug-likeness (QED) is 0.145. The molecule has 2 aromatic heterocycles. The zero-order chi connectivity index (χ0) is 42.2. The molecule has 0 bridgehead atoms. The van der Waals surface area contributed by atoms with Gasteiger partial charge in [-0.2, -0.15) is 0 Å². The molecule has 10 rings (SSSR count). The second kappa shape index (κ2) is 18.9. The molecule has 312 valence electrons. The third kappa shape index (κ3) is 9.43. The monoisotopic (exact) mass is 814 g/mol. The van der Waals surface area contributed by atoms with E-state index < -0.39 is 23.8 Å². The number of hydrogen-bond donors (Lipinski definition) is 4. The second-order valence-corrected chi connectivity index (χ2v) is 15.1. The fourth-order valence-corrected chi connectivity index (χ4v) is 7.48. The number of guanidine groups is 2. The molecule has 2 saturated heterocycles. The number of carboxylic acids is 2. The normalized spacial score (nSPS) is 16.7. The highest BCUT2D eigenvalue weighted by molar-refractivity contribution is 5.92. The summed E-state index contributed by atoms with van der Waals surface area (Å²) < 4.78 is 11.3. The molecule has 0 saturated carbocycles. The molecule has 0 spiro atoms. The standard InChI is InChI=1S/2C16H12O4.2C7H13N3/c2*1-9(16(18)19)10-6-7-14-12(8-10)15(17)11-4-2-3-5-13(11)20-14;2*1-3-8-7-9-4-2-6-10(7)5-1/h2*2-9H,1H3,(H,18,19);2*1-6H2,(H,8,9). The molecule has 2 fully saturated rings. The Morgan fingerprint density at radius 3 is 1.35 bits per heavy atom. The van der Waals surface area contributed by atoms with Gasteiger partial charge in [0.1, 0.15) is 22.3 Å². The van der Waals surface area contributed by atoms with Gasteiger partial charge in [0.05, 0.1) is 33.4 Å². The number of para-hydroxylation sites is 2. The summed E-state index contributed by atoms with van der Waals surface area (Å²) in [5.74, 6) is -0.894. The van der Waals surface area contributed by atoms with E-state index in [4.69, 9.17) is 19.0 Å². The number of hydrogen-bond acceptors (Lipinski definition) is 12. The fraction of sp³-hybridized carbons (Fsp3) is 0.348. The maximum absolute atomic E-state index is 12.4.